The van der Waals surface area contributed by atoms with Gasteiger partial charge in [-0.2, -0.15) is 0 Å². The molecular weight excluding hydrogens is 262 g/mol. The molecule has 0 spiro atoms. The van der Waals surface area contributed by atoms with E-state index in [9.17, 15) is 20.0 Å². The van der Waals surface area contributed by atoms with Crippen molar-refractivity contribution in [3.8, 4) is 0 Å². The summed E-state index contributed by atoms with van der Waals surface area (Å²) in [7, 11) is 0. The molecule has 1 aliphatic rings. The molecule has 1 fully saturated rings. The Labute approximate surface area is 116 Å². The third-order valence-electron chi connectivity index (χ3n) is 3.83. The second kappa shape index (κ2) is 6.15. The van der Waals surface area contributed by atoms with Gasteiger partial charge in [-0.3, -0.25) is 14.9 Å². The number of hydrogen-bond acceptors (Lipinski definition) is 5. The molecule has 1 aromatic heterocycles. The van der Waals surface area contributed by atoms with E-state index in [0.29, 0.717) is 13.1 Å². The minimum atomic E-state index is -0.505. The van der Waals surface area contributed by atoms with Crippen molar-refractivity contribution in [1.82, 2.24) is 9.47 Å². The molecule has 20 heavy (non-hydrogen) atoms. The monoisotopic (exact) mass is 281 g/mol. The van der Waals surface area contributed by atoms with Crippen LogP contribution in [0, 0.1) is 16.0 Å². The Balaban J connectivity index is 1.96. The average Bonchev–Trinajstić information content (AvgIpc) is 2.86. The largest absolute Gasteiger partial charge is 0.393 e. The second-order valence-electron chi connectivity index (χ2n) is 5.27. The summed E-state index contributed by atoms with van der Waals surface area (Å²) in [5.41, 5.74) is -0.310. The van der Waals surface area contributed by atoms with Crippen molar-refractivity contribution < 1.29 is 10.0 Å². The van der Waals surface area contributed by atoms with Gasteiger partial charge in [-0.25, -0.2) is 0 Å². The van der Waals surface area contributed by atoms with Crippen LogP contribution in [0.4, 0.5) is 5.69 Å². The first-order valence-corrected chi connectivity index (χ1v) is 6.72. The van der Waals surface area contributed by atoms with Gasteiger partial charge in [0.15, 0.2) is 0 Å². The van der Waals surface area contributed by atoms with E-state index in [2.05, 4.69) is 4.90 Å². The first kappa shape index (κ1) is 14.7. The molecule has 1 saturated heterocycles. The first-order chi connectivity index (χ1) is 9.47. The van der Waals surface area contributed by atoms with Crippen LogP contribution in [0.25, 0.3) is 0 Å². The second-order valence-corrected chi connectivity index (χ2v) is 5.27. The molecule has 0 radical (unpaired) electrons. The van der Waals surface area contributed by atoms with Gasteiger partial charge >= 0.3 is 0 Å². The standard InChI is InChI=1S/C13H19N3O4/c1-10(17)11-4-5-14(8-11)6-7-15-9-12(16(19)20)2-3-13(15)18/h2-3,9-11,17H,4-8H2,1H3. The Morgan fingerprint density at radius 3 is 2.85 bits per heavy atom. The lowest BCUT2D eigenvalue weighted by molar-refractivity contribution is -0.385. The van der Waals surface area contributed by atoms with Gasteiger partial charge in [0.25, 0.3) is 11.2 Å². The van der Waals surface area contributed by atoms with Gasteiger partial charge < -0.3 is 14.6 Å². The van der Waals surface area contributed by atoms with Gasteiger partial charge in [-0.05, 0) is 25.8 Å². The maximum atomic E-state index is 11.7. The Hall–Kier alpha value is -1.73. The summed E-state index contributed by atoms with van der Waals surface area (Å²) in [5, 5.41) is 20.2. The zero-order valence-corrected chi connectivity index (χ0v) is 11.4. The van der Waals surface area contributed by atoms with E-state index >= 15 is 0 Å². The maximum Gasteiger partial charge on any atom is 0.285 e. The molecule has 1 N–H and O–H groups in total. The van der Waals surface area contributed by atoms with Crippen LogP contribution in [0.15, 0.2) is 23.1 Å². The molecule has 7 heteroatoms. The molecule has 0 aromatic carbocycles. The summed E-state index contributed by atoms with van der Waals surface area (Å²) >= 11 is 0. The fourth-order valence-corrected chi connectivity index (χ4v) is 2.51. The predicted octanol–water partition coefficient (Wildman–Crippen LogP) is 0.459. The quantitative estimate of drug-likeness (QED) is 0.625. The van der Waals surface area contributed by atoms with Crippen molar-refractivity contribution in [2.45, 2.75) is 26.0 Å². The summed E-state index contributed by atoms with van der Waals surface area (Å²) < 4.78 is 1.37. The van der Waals surface area contributed by atoms with Gasteiger partial charge in [-0.1, -0.05) is 0 Å². The lowest BCUT2D eigenvalue weighted by atomic mass is 10.0. The highest BCUT2D eigenvalue weighted by molar-refractivity contribution is 5.24. The highest BCUT2D eigenvalue weighted by atomic mass is 16.6. The molecule has 2 heterocycles. The minimum Gasteiger partial charge on any atom is -0.393 e. The molecule has 0 bridgehead atoms. The van der Waals surface area contributed by atoms with Crippen LogP contribution >= 0.6 is 0 Å². The highest BCUT2D eigenvalue weighted by Crippen LogP contribution is 2.19. The van der Waals surface area contributed by atoms with E-state index < -0.39 is 4.92 Å². The Bertz CT molecular complexity index is 541. The van der Waals surface area contributed by atoms with Crippen LogP contribution in [-0.4, -0.2) is 45.2 Å². The Morgan fingerprint density at radius 1 is 1.50 bits per heavy atom. The van der Waals surface area contributed by atoms with Crippen molar-refractivity contribution in [3.05, 3.63) is 38.8 Å². The smallest absolute Gasteiger partial charge is 0.285 e. The molecule has 1 aromatic rings. The number of aromatic nitrogens is 1. The predicted molar refractivity (Wildman–Crippen MR) is 73.6 cm³/mol. The topological polar surface area (TPSA) is 88.6 Å². The number of nitro groups is 1. The number of pyridine rings is 1. The fourth-order valence-electron chi connectivity index (χ4n) is 2.51. The summed E-state index contributed by atoms with van der Waals surface area (Å²) in [6, 6.07) is 2.44. The van der Waals surface area contributed by atoms with Crippen LogP contribution in [0.2, 0.25) is 0 Å². The zero-order chi connectivity index (χ0) is 14.7. The molecular formula is C13H19N3O4. The van der Waals surface area contributed by atoms with Crippen molar-refractivity contribution in [2.24, 2.45) is 5.92 Å². The zero-order valence-electron chi connectivity index (χ0n) is 11.4. The molecule has 0 saturated carbocycles. The molecule has 7 nitrogen and oxygen atoms in total. The molecule has 0 amide bonds. The van der Waals surface area contributed by atoms with Crippen molar-refractivity contribution in [1.29, 1.82) is 0 Å². The summed E-state index contributed by atoms with van der Waals surface area (Å²) in [6.07, 6.45) is 1.91. The Morgan fingerprint density at radius 2 is 2.25 bits per heavy atom. The third-order valence-corrected chi connectivity index (χ3v) is 3.83. The van der Waals surface area contributed by atoms with E-state index in [4.69, 9.17) is 0 Å². The lowest BCUT2D eigenvalue weighted by Crippen LogP contribution is -2.30. The average molecular weight is 281 g/mol. The van der Waals surface area contributed by atoms with E-state index in [-0.39, 0.29) is 23.3 Å². The van der Waals surface area contributed by atoms with Gasteiger partial charge in [0.05, 0.1) is 17.2 Å². The fraction of sp³-hybridized carbons (Fsp3) is 0.615. The molecule has 2 unspecified atom stereocenters. The first-order valence-electron chi connectivity index (χ1n) is 6.72. The number of likely N-dealkylation sites (tertiary alicyclic amines) is 1. The molecule has 0 aliphatic carbocycles. The van der Waals surface area contributed by atoms with Gasteiger partial charge in [0.2, 0.25) is 0 Å². The minimum absolute atomic E-state index is 0.0760. The van der Waals surface area contributed by atoms with E-state index in [1.165, 1.54) is 22.9 Å². The lowest BCUT2D eigenvalue weighted by Gasteiger charge is -2.17. The van der Waals surface area contributed by atoms with E-state index in [1.54, 1.807) is 6.92 Å². The number of nitrogens with zero attached hydrogens (tertiary/aromatic N) is 3. The van der Waals surface area contributed by atoms with E-state index in [1.807, 2.05) is 0 Å². The van der Waals surface area contributed by atoms with Gasteiger partial charge in [-0.15, -0.1) is 0 Å². The highest BCUT2D eigenvalue weighted by Gasteiger charge is 2.25. The summed E-state index contributed by atoms with van der Waals surface area (Å²) in [6.45, 7) is 4.57. The van der Waals surface area contributed by atoms with Gasteiger partial charge in [0, 0.05) is 31.8 Å². The van der Waals surface area contributed by atoms with E-state index in [0.717, 1.165) is 19.5 Å². The van der Waals surface area contributed by atoms with Crippen LogP contribution in [0.3, 0.4) is 0 Å². The van der Waals surface area contributed by atoms with Gasteiger partial charge in [0.1, 0.15) is 0 Å². The molecule has 2 rings (SSSR count). The Kier molecular flexibility index (Phi) is 4.51. The number of rotatable bonds is 5. The third kappa shape index (κ3) is 3.43. The maximum absolute atomic E-state index is 11.7. The summed E-state index contributed by atoms with van der Waals surface area (Å²) in [5.74, 6) is 0.275. The SMILES string of the molecule is CC(O)C1CCN(CCn2cc([N+](=O)[O-])ccc2=O)C1. The normalized spacial score (nSPS) is 21.0. The van der Waals surface area contributed by atoms with Crippen LogP contribution in [0.5, 0.6) is 0 Å². The van der Waals surface area contributed by atoms with Crippen molar-refractivity contribution >= 4 is 5.69 Å². The van der Waals surface area contributed by atoms with Crippen molar-refractivity contribution in [3.63, 3.8) is 0 Å². The van der Waals surface area contributed by atoms with Crippen LogP contribution in [0.1, 0.15) is 13.3 Å². The molecule has 1 aliphatic heterocycles. The number of aliphatic hydroxyl groups excluding tert-OH is 1. The molecule has 110 valence electrons. The number of hydrogen-bond donors (Lipinski definition) is 1. The summed E-state index contributed by atoms with van der Waals surface area (Å²) in [4.78, 5) is 24.0. The van der Waals surface area contributed by atoms with Crippen LogP contribution < -0.4 is 5.56 Å². The van der Waals surface area contributed by atoms with Crippen LogP contribution in [-0.2, 0) is 6.54 Å². The number of aliphatic hydroxyl groups is 1. The van der Waals surface area contributed by atoms with Crippen molar-refractivity contribution in [2.75, 3.05) is 19.6 Å². The molecule has 2 atom stereocenters.